The van der Waals surface area contributed by atoms with E-state index in [1.54, 1.807) is 18.2 Å². The highest BCUT2D eigenvalue weighted by atomic mass is 35.5. The topological polar surface area (TPSA) is 0 Å². The van der Waals surface area contributed by atoms with E-state index in [-0.39, 0.29) is 0 Å². The van der Waals surface area contributed by atoms with E-state index in [9.17, 15) is 0 Å². The Balaban J connectivity index is 3.19. The Labute approximate surface area is 81.1 Å². The van der Waals surface area contributed by atoms with Crippen LogP contribution in [0.4, 0.5) is 0 Å². The quantitative estimate of drug-likeness (QED) is 0.497. The van der Waals surface area contributed by atoms with E-state index in [2.05, 4.69) is 0 Å². The summed E-state index contributed by atoms with van der Waals surface area (Å²) in [4.78, 5) is 0.800. The van der Waals surface area contributed by atoms with Crippen LogP contribution in [0.1, 0.15) is 12.5 Å². The monoisotopic (exact) mass is 204 g/mol. The van der Waals surface area contributed by atoms with Crippen molar-refractivity contribution >= 4 is 40.3 Å². The summed E-state index contributed by atoms with van der Waals surface area (Å²) in [6.45, 7) is 1.84. The molecule has 0 N–H and O–H groups in total. The van der Waals surface area contributed by atoms with Crippen molar-refractivity contribution < 1.29 is 0 Å². The van der Waals surface area contributed by atoms with Gasteiger partial charge in [0.2, 0.25) is 0 Å². The minimum Gasteiger partial charge on any atom is -0.0846 e. The standard InChI is InChI=1S/C8H6Cl2S/c1-5(11)6-2-7(9)4-8(10)3-6/h2-4H,1H3. The third-order valence-electron chi connectivity index (χ3n) is 1.27. The Morgan fingerprint density at radius 2 is 1.64 bits per heavy atom. The van der Waals surface area contributed by atoms with Crippen LogP contribution in [-0.2, 0) is 0 Å². The molecule has 0 amide bonds. The molecule has 0 radical (unpaired) electrons. The van der Waals surface area contributed by atoms with Gasteiger partial charge in [0.25, 0.3) is 0 Å². The van der Waals surface area contributed by atoms with Crippen molar-refractivity contribution in [1.29, 1.82) is 0 Å². The second-order valence-corrected chi connectivity index (χ2v) is 3.70. The molecule has 0 nitrogen and oxygen atoms in total. The maximum Gasteiger partial charge on any atom is 0.0427 e. The second-order valence-electron chi connectivity index (χ2n) is 2.21. The normalized spacial score (nSPS) is 9.73. The molecule has 1 aromatic rings. The molecule has 0 aliphatic carbocycles. The van der Waals surface area contributed by atoms with E-state index in [1.807, 2.05) is 6.92 Å². The van der Waals surface area contributed by atoms with E-state index in [1.165, 1.54) is 0 Å². The smallest absolute Gasteiger partial charge is 0.0427 e. The zero-order chi connectivity index (χ0) is 8.43. The molecule has 0 atom stereocenters. The molecule has 1 aromatic carbocycles. The molecule has 0 heterocycles. The van der Waals surface area contributed by atoms with Crippen LogP contribution < -0.4 is 0 Å². The summed E-state index contributed by atoms with van der Waals surface area (Å²) in [5, 5.41) is 1.24. The Morgan fingerprint density at radius 3 is 2.00 bits per heavy atom. The fourth-order valence-electron chi connectivity index (χ4n) is 0.757. The predicted octanol–water partition coefficient (Wildman–Crippen LogP) is 3.73. The summed E-state index contributed by atoms with van der Waals surface area (Å²) < 4.78 is 0. The average Bonchev–Trinajstić information content (AvgIpc) is 1.85. The molecule has 11 heavy (non-hydrogen) atoms. The summed E-state index contributed by atoms with van der Waals surface area (Å²) in [7, 11) is 0. The van der Waals surface area contributed by atoms with E-state index in [0.717, 1.165) is 10.4 Å². The van der Waals surface area contributed by atoms with Crippen LogP contribution in [0.2, 0.25) is 10.0 Å². The molecule has 0 saturated heterocycles. The lowest BCUT2D eigenvalue weighted by Crippen LogP contribution is -1.88. The summed E-state index contributed by atoms with van der Waals surface area (Å²) in [6, 6.07) is 5.29. The molecular weight excluding hydrogens is 199 g/mol. The van der Waals surface area contributed by atoms with Crippen molar-refractivity contribution in [3.05, 3.63) is 33.8 Å². The number of hydrogen-bond acceptors (Lipinski definition) is 1. The fourth-order valence-corrected chi connectivity index (χ4v) is 1.40. The van der Waals surface area contributed by atoms with E-state index < -0.39 is 0 Å². The molecule has 0 spiro atoms. The summed E-state index contributed by atoms with van der Waals surface area (Å²) in [6.07, 6.45) is 0. The zero-order valence-corrected chi connectivity index (χ0v) is 8.22. The minimum atomic E-state index is 0.622. The van der Waals surface area contributed by atoms with Gasteiger partial charge >= 0.3 is 0 Å². The highest BCUT2D eigenvalue weighted by Crippen LogP contribution is 2.19. The highest BCUT2D eigenvalue weighted by molar-refractivity contribution is 7.80. The lowest BCUT2D eigenvalue weighted by molar-refractivity contribution is 1.65. The van der Waals surface area contributed by atoms with Crippen LogP contribution in [-0.4, -0.2) is 4.86 Å². The molecular formula is C8H6Cl2S. The molecule has 0 unspecified atom stereocenters. The average molecular weight is 205 g/mol. The summed E-state index contributed by atoms with van der Waals surface area (Å²) in [5.74, 6) is 0. The lowest BCUT2D eigenvalue weighted by atomic mass is 10.2. The van der Waals surface area contributed by atoms with Gasteiger partial charge in [-0.2, -0.15) is 0 Å². The van der Waals surface area contributed by atoms with Crippen LogP contribution in [0.5, 0.6) is 0 Å². The van der Waals surface area contributed by atoms with E-state index >= 15 is 0 Å². The second kappa shape index (κ2) is 3.53. The summed E-state index contributed by atoms with van der Waals surface area (Å²) >= 11 is 16.5. The fraction of sp³-hybridized carbons (Fsp3) is 0.125. The minimum absolute atomic E-state index is 0.622. The van der Waals surface area contributed by atoms with Crippen LogP contribution >= 0.6 is 35.4 Å². The molecule has 1 rings (SSSR count). The van der Waals surface area contributed by atoms with Gasteiger partial charge in [-0.25, -0.2) is 0 Å². The van der Waals surface area contributed by atoms with Gasteiger partial charge in [-0.05, 0) is 30.7 Å². The Kier molecular flexibility index (Phi) is 2.88. The maximum absolute atomic E-state index is 5.75. The Hall–Kier alpha value is -0.110. The maximum atomic E-state index is 5.75. The first-order valence-corrected chi connectivity index (χ1v) is 4.23. The van der Waals surface area contributed by atoms with Crippen LogP contribution in [0.15, 0.2) is 18.2 Å². The van der Waals surface area contributed by atoms with Gasteiger partial charge in [0.1, 0.15) is 0 Å². The zero-order valence-electron chi connectivity index (χ0n) is 5.90. The molecule has 58 valence electrons. The van der Waals surface area contributed by atoms with Gasteiger partial charge < -0.3 is 0 Å². The molecule has 3 heteroatoms. The van der Waals surface area contributed by atoms with Gasteiger partial charge in [0, 0.05) is 14.9 Å². The van der Waals surface area contributed by atoms with E-state index in [4.69, 9.17) is 35.4 Å². The number of thiocarbonyl (C=S) groups is 1. The van der Waals surface area contributed by atoms with Crippen LogP contribution in [0, 0.1) is 0 Å². The SMILES string of the molecule is CC(=S)c1cc(Cl)cc(Cl)c1. The molecule has 0 aliphatic heterocycles. The van der Waals surface area contributed by atoms with Crippen molar-refractivity contribution in [3.8, 4) is 0 Å². The first kappa shape index (κ1) is 8.98. The Morgan fingerprint density at radius 1 is 1.18 bits per heavy atom. The summed E-state index contributed by atoms with van der Waals surface area (Å²) in [5.41, 5.74) is 0.914. The van der Waals surface area contributed by atoms with Crippen molar-refractivity contribution in [3.63, 3.8) is 0 Å². The molecule has 0 fully saturated rings. The third-order valence-corrected chi connectivity index (χ3v) is 1.94. The van der Waals surface area contributed by atoms with Crippen molar-refractivity contribution in [1.82, 2.24) is 0 Å². The first-order valence-electron chi connectivity index (χ1n) is 3.06. The largest absolute Gasteiger partial charge is 0.0846 e. The molecule has 0 bridgehead atoms. The first-order chi connectivity index (χ1) is 5.09. The third kappa shape index (κ3) is 2.44. The van der Waals surface area contributed by atoms with Gasteiger partial charge in [0.05, 0.1) is 0 Å². The number of benzene rings is 1. The van der Waals surface area contributed by atoms with Gasteiger partial charge in [-0.3, -0.25) is 0 Å². The van der Waals surface area contributed by atoms with Crippen molar-refractivity contribution in [2.75, 3.05) is 0 Å². The van der Waals surface area contributed by atoms with Crippen molar-refractivity contribution in [2.45, 2.75) is 6.92 Å². The van der Waals surface area contributed by atoms with Gasteiger partial charge in [0.15, 0.2) is 0 Å². The van der Waals surface area contributed by atoms with Gasteiger partial charge in [-0.1, -0.05) is 35.4 Å². The lowest BCUT2D eigenvalue weighted by Gasteiger charge is -1.99. The number of halogens is 2. The van der Waals surface area contributed by atoms with Gasteiger partial charge in [-0.15, -0.1) is 0 Å². The van der Waals surface area contributed by atoms with Crippen LogP contribution in [0.25, 0.3) is 0 Å². The van der Waals surface area contributed by atoms with Crippen LogP contribution in [0.3, 0.4) is 0 Å². The predicted molar refractivity (Wildman–Crippen MR) is 53.8 cm³/mol. The Bertz CT molecular complexity index is 274. The molecule has 0 aliphatic rings. The van der Waals surface area contributed by atoms with E-state index in [0.29, 0.717) is 10.0 Å². The highest BCUT2D eigenvalue weighted by Gasteiger charge is 1.98. The van der Waals surface area contributed by atoms with Crippen molar-refractivity contribution in [2.24, 2.45) is 0 Å². The molecule has 0 saturated carbocycles. The number of rotatable bonds is 1. The molecule has 0 aromatic heterocycles. The number of hydrogen-bond donors (Lipinski definition) is 0.